The number of hydrogen-bond acceptors (Lipinski definition) is 8. The number of halogens is 2. The Balaban J connectivity index is 0.000000145. The Hall–Kier alpha value is -4.41. The van der Waals surface area contributed by atoms with Crippen LogP contribution in [0.3, 0.4) is 0 Å². The maximum Gasteiger partial charge on any atom is 0.228 e. The molecule has 2 aliphatic rings. The lowest BCUT2D eigenvalue weighted by atomic mass is 9.91. The van der Waals surface area contributed by atoms with E-state index in [1.165, 1.54) is 0 Å². The van der Waals surface area contributed by atoms with Gasteiger partial charge in [0, 0.05) is 38.2 Å². The Morgan fingerprint density at radius 1 is 0.700 bits per heavy atom. The number of nitrogens with two attached hydrogens (primary N) is 1. The number of aryl methyl sites for hydroxylation is 1. The van der Waals surface area contributed by atoms with E-state index in [1.807, 2.05) is 79.7 Å². The average Bonchev–Trinajstić information content (AvgIpc) is 3.85. The van der Waals surface area contributed by atoms with Gasteiger partial charge in [-0.2, -0.15) is 0 Å². The summed E-state index contributed by atoms with van der Waals surface area (Å²) in [5.41, 5.74) is 14.7. The average molecular weight is 711 g/mol. The van der Waals surface area contributed by atoms with Crippen LogP contribution in [0.4, 0.5) is 5.69 Å². The summed E-state index contributed by atoms with van der Waals surface area (Å²) >= 11 is 13.1. The molecule has 0 bridgehead atoms. The summed E-state index contributed by atoms with van der Waals surface area (Å²) in [5, 5.41) is 1.25. The first kappa shape index (κ1) is 32.8. The van der Waals surface area contributed by atoms with Crippen LogP contribution in [-0.4, -0.2) is 45.9 Å². The van der Waals surface area contributed by atoms with Gasteiger partial charge in [0.1, 0.15) is 16.9 Å². The minimum Gasteiger partial charge on any atom is -0.436 e. The molecule has 9 nitrogen and oxygen atoms in total. The normalized spacial score (nSPS) is 15.9. The largest absolute Gasteiger partial charge is 0.436 e. The number of nitrogens with zero attached hydrogens (tertiary/aromatic N) is 4. The number of benzene rings is 4. The summed E-state index contributed by atoms with van der Waals surface area (Å²) in [7, 11) is 0. The van der Waals surface area contributed by atoms with Gasteiger partial charge < -0.3 is 28.6 Å². The van der Waals surface area contributed by atoms with E-state index in [2.05, 4.69) is 14.5 Å². The molecular weight excluding hydrogens is 673 g/mol. The zero-order valence-corrected chi connectivity index (χ0v) is 29.2. The standard InChI is InChI=1S/C20H18ClN3O2.C19H19ClN2O2/c1-12-22-17-10-14(20-23-16-4-2-3-5-19(16)26-20)15(21)11-18(17)24(12)13-6-8-25-9-7-13;20-15-10-13(9-12-5-7-23-8-6-12)16(21)11-14(15)19-22-17-3-1-2-4-18(17)24-19/h2-5,10-11,13H,6-9H2,1H3;1-4,10-12H,5-9,21H2. The Kier molecular flexibility index (Phi) is 9.23. The van der Waals surface area contributed by atoms with Crippen molar-refractivity contribution >= 4 is 62.1 Å². The summed E-state index contributed by atoms with van der Waals surface area (Å²) in [6.07, 6.45) is 5.07. The second kappa shape index (κ2) is 14.1. The molecular formula is C39H37Cl2N5O4. The number of aromatic nitrogens is 4. The zero-order valence-electron chi connectivity index (χ0n) is 27.7. The van der Waals surface area contributed by atoms with Crippen molar-refractivity contribution in [2.24, 2.45) is 5.92 Å². The molecule has 0 atom stereocenters. The Labute approximate surface area is 299 Å². The van der Waals surface area contributed by atoms with Crippen molar-refractivity contribution in [1.29, 1.82) is 0 Å². The van der Waals surface area contributed by atoms with E-state index >= 15 is 0 Å². The monoisotopic (exact) mass is 709 g/mol. The maximum atomic E-state index is 6.62. The summed E-state index contributed by atoms with van der Waals surface area (Å²) in [6, 6.07) is 23.6. The molecule has 0 unspecified atom stereocenters. The number of rotatable bonds is 5. The van der Waals surface area contributed by atoms with E-state index < -0.39 is 0 Å². The summed E-state index contributed by atoms with van der Waals surface area (Å²) in [5.74, 6) is 2.63. The predicted molar refractivity (Wildman–Crippen MR) is 198 cm³/mol. The fourth-order valence-corrected chi connectivity index (χ4v) is 7.52. The number of imidazole rings is 1. The molecule has 11 heteroatoms. The highest BCUT2D eigenvalue weighted by Crippen LogP contribution is 2.37. The molecule has 2 saturated heterocycles. The molecule has 5 heterocycles. The van der Waals surface area contributed by atoms with Crippen LogP contribution in [-0.2, 0) is 15.9 Å². The zero-order chi connectivity index (χ0) is 34.2. The van der Waals surface area contributed by atoms with Crippen molar-refractivity contribution in [3.63, 3.8) is 0 Å². The minimum absolute atomic E-state index is 0.403. The summed E-state index contributed by atoms with van der Waals surface area (Å²) in [4.78, 5) is 13.8. The fraction of sp³-hybridized carbons (Fsp3) is 0.308. The van der Waals surface area contributed by atoms with Crippen LogP contribution in [0.1, 0.15) is 43.1 Å². The summed E-state index contributed by atoms with van der Waals surface area (Å²) < 4.78 is 24.9. The molecule has 0 spiro atoms. The van der Waals surface area contributed by atoms with Crippen molar-refractivity contribution in [3.8, 4) is 22.9 Å². The molecule has 50 heavy (non-hydrogen) atoms. The number of hydrogen-bond donors (Lipinski definition) is 1. The van der Waals surface area contributed by atoms with Gasteiger partial charge in [-0.1, -0.05) is 47.5 Å². The van der Waals surface area contributed by atoms with Crippen molar-refractivity contribution in [2.45, 2.75) is 45.1 Å². The molecule has 256 valence electrons. The molecule has 2 aliphatic heterocycles. The maximum absolute atomic E-state index is 6.62. The van der Waals surface area contributed by atoms with Crippen molar-refractivity contribution in [1.82, 2.24) is 19.5 Å². The molecule has 3 aromatic heterocycles. The van der Waals surface area contributed by atoms with Crippen molar-refractivity contribution < 1.29 is 18.3 Å². The van der Waals surface area contributed by atoms with E-state index in [0.29, 0.717) is 33.8 Å². The second-order valence-corrected chi connectivity index (χ2v) is 13.8. The molecule has 2 fully saturated rings. The van der Waals surface area contributed by atoms with Crippen molar-refractivity contribution in [2.75, 3.05) is 32.2 Å². The van der Waals surface area contributed by atoms with E-state index in [-0.39, 0.29) is 0 Å². The lowest BCUT2D eigenvalue weighted by molar-refractivity contribution is 0.0666. The van der Waals surface area contributed by atoms with Gasteiger partial charge >= 0.3 is 0 Å². The Morgan fingerprint density at radius 3 is 1.88 bits per heavy atom. The number of oxazole rings is 2. The van der Waals surface area contributed by atoms with E-state index in [9.17, 15) is 0 Å². The Bertz CT molecular complexity index is 2230. The highest BCUT2D eigenvalue weighted by molar-refractivity contribution is 6.34. The van der Waals surface area contributed by atoms with Gasteiger partial charge in [-0.25, -0.2) is 15.0 Å². The lowest BCUT2D eigenvalue weighted by Gasteiger charge is -2.25. The van der Waals surface area contributed by atoms with Gasteiger partial charge in [0.2, 0.25) is 11.8 Å². The number of para-hydroxylation sites is 4. The fourth-order valence-electron chi connectivity index (χ4n) is 7.01. The van der Waals surface area contributed by atoms with Crippen LogP contribution < -0.4 is 5.73 Å². The smallest absolute Gasteiger partial charge is 0.228 e. The molecule has 0 saturated carbocycles. The van der Waals surface area contributed by atoms with Gasteiger partial charge in [-0.05, 0) is 99.0 Å². The number of nitrogen functional groups attached to an aromatic ring is 1. The first-order valence-electron chi connectivity index (χ1n) is 17.0. The van der Waals surface area contributed by atoms with Crippen LogP contribution in [0.2, 0.25) is 10.0 Å². The number of anilines is 1. The van der Waals surface area contributed by atoms with Crippen LogP contribution in [0.15, 0.2) is 81.6 Å². The van der Waals surface area contributed by atoms with E-state index in [1.54, 1.807) is 0 Å². The molecule has 0 amide bonds. The number of fused-ring (bicyclic) bond motifs is 3. The molecule has 4 aromatic carbocycles. The third-order valence-electron chi connectivity index (χ3n) is 9.64. The van der Waals surface area contributed by atoms with Crippen LogP contribution >= 0.6 is 23.2 Å². The third kappa shape index (κ3) is 6.58. The second-order valence-electron chi connectivity index (χ2n) is 13.0. The molecule has 9 rings (SSSR count). The van der Waals surface area contributed by atoms with Gasteiger partial charge in [0.15, 0.2) is 11.2 Å². The lowest BCUT2D eigenvalue weighted by Crippen LogP contribution is -2.20. The summed E-state index contributed by atoms with van der Waals surface area (Å²) in [6.45, 7) is 5.29. The molecule has 7 aromatic rings. The van der Waals surface area contributed by atoms with E-state index in [0.717, 1.165) is 120 Å². The SMILES string of the molecule is Cc1nc2cc(-c3nc4ccccc4o3)c(Cl)cc2n1C1CCOCC1.Nc1cc(-c2nc3ccccc3o2)c(Cl)cc1CC1CCOCC1. The van der Waals surface area contributed by atoms with Gasteiger partial charge in [0.05, 0.1) is 32.2 Å². The quantitative estimate of drug-likeness (QED) is 0.176. The van der Waals surface area contributed by atoms with Gasteiger partial charge in [0.25, 0.3) is 0 Å². The third-order valence-corrected chi connectivity index (χ3v) is 10.3. The van der Waals surface area contributed by atoms with Crippen LogP contribution in [0.25, 0.3) is 56.1 Å². The van der Waals surface area contributed by atoms with E-state index in [4.69, 9.17) is 52.2 Å². The molecule has 0 radical (unpaired) electrons. The minimum atomic E-state index is 0.403. The highest BCUT2D eigenvalue weighted by atomic mass is 35.5. The van der Waals surface area contributed by atoms with Gasteiger partial charge in [-0.3, -0.25) is 0 Å². The van der Waals surface area contributed by atoms with Crippen LogP contribution in [0.5, 0.6) is 0 Å². The first-order valence-corrected chi connectivity index (χ1v) is 17.8. The first-order chi connectivity index (χ1) is 24.4. The van der Waals surface area contributed by atoms with Crippen LogP contribution in [0, 0.1) is 12.8 Å². The highest BCUT2D eigenvalue weighted by Gasteiger charge is 2.23. The topological polar surface area (TPSA) is 114 Å². The predicted octanol–water partition coefficient (Wildman–Crippen LogP) is 9.86. The van der Waals surface area contributed by atoms with Gasteiger partial charge in [-0.15, -0.1) is 0 Å². The molecule has 0 aliphatic carbocycles. The molecule has 2 N–H and O–H groups in total. The van der Waals surface area contributed by atoms with Crippen molar-refractivity contribution in [3.05, 3.63) is 94.2 Å². The Morgan fingerprint density at radius 2 is 1.26 bits per heavy atom. The number of ether oxygens (including phenoxy) is 2.